The fourth-order valence-corrected chi connectivity index (χ4v) is 3.21. The molecule has 3 aromatic rings. The Hall–Kier alpha value is -2.24. The zero-order valence-corrected chi connectivity index (χ0v) is 14.6. The zero-order chi connectivity index (χ0) is 16.9. The third-order valence-electron chi connectivity index (χ3n) is 3.29. The molecular formula is C18H15ClFN3S. The molecule has 0 fully saturated rings. The summed E-state index contributed by atoms with van der Waals surface area (Å²) in [6.45, 7) is 2.64. The van der Waals surface area contributed by atoms with Gasteiger partial charge in [-0.2, -0.15) is 5.10 Å². The van der Waals surface area contributed by atoms with E-state index in [0.717, 1.165) is 16.1 Å². The van der Waals surface area contributed by atoms with Crippen LogP contribution in [0.5, 0.6) is 0 Å². The molecule has 0 spiro atoms. The van der Waals surface area contributed by atoms with E-state index < -0.39 is 0 Å². The summed E-state index contributed by atoms with van der Waals surface area (Å²) in [5.74, 6) is -0.286. The smallest absolute Gasteiger partial charge is 0.206 e. The largest absolute Gasteiger partial charge is 0.258 e. The van der Waals surface area contributed by atoms with E-state index in [0.29, 0.717) is 17.1 Å². The predicted octanol–water partition coefficient (Wildman–Crippen LogP) is 4.81. The topological polar surface area (TPSA) is 29.6 Å². The van der Waals surface area contributed by atoms with Crippen LogP contribution in [0.15, 0.2) is 64.0 Å². The maximum Gasteiger partial charge on any atom is 0.206 e. The molecule has 0 saturated carbocycles. The highest BCUT2D eigenvalue weighted by molar-refractivity contribution is 7.07. The van der Waals surface area contributed by atoms with Crippen molar-refractivity contribution in [3.05, 3.63) is 75.1 Å². The lowest BCUT2D eigenvalue weighted by Crippen LogP contribution is -2.12. The molecule has 2 aromatic carbocycles. The van der Waals surface area contributed by atoms with Crippen LogP contribution in [-0.4, -0.2) is 17.4 Å². The minimum Gasteiger partial charge on any atom is -0.258 e. The van der Waals surface area contributed by atoms with Crippen LogP contribution < -0.4 is 4.80 Å². The second kappa shape index (κ2) is 7.55. The third kappa shape index (κ3) is 3.80. The van der Waals surface area contributed by atoms with Gasteiger partial charge in [-0.05, 0) is 36.8 Å². The molecule has 3 rings (SSSR count). The first-order valence-electron chi connectivity index (χ1n) is 7.44. The van der Waals surface area contributed by atoms with Gasteiger partial charge in [-0.1, -0.05) is 35.9 Å². The molecular weight excluding hydrogens is 345 g/mol. The maximum absolute atomic E-state index is 13.3. The van der Waals surface area contributed by atoms with Gasteiger partial charge in [0.25, 0.3) is 0 Å². The van der Waals surface area contributed by atoms with E-state index in [2.05, 4.69) is 10.1 Å². The van der Waals surface area contributed by atoms with Gasteiger partial charge in [0.2, 0.25) is 4.80 Å². The molecule has 0 aliphatic heterocycles. The van der Waals surface area contributed by atoms with E-state index >= 15 is 0 Å². The molecule has 122 valence electrons. The lowest BCUT2D eigenvalue weighted by Gasteiger charge is -2.04. The Morgan fingerprint density at radius 1 is 1.21 bits per heavy atom. The van der Waals surface area contributed by atoms with Gasteiger partial charge in [0.05, 0.1) is 11.9 Å². The van der Waals surface area contributed by atoms with Crippen LogP contribution in [0.3, 0.4) is 0 Å². The van der Waals surface area contributed by atoms with Crippen molar-refractivity contribution in [2.24, 2.45) is 10.1 Å². The first-order chi connectivity index (χ1) is 11.7. The normalized spacial score (nSPS) is 12.2. The van der Waals surface area contributed by atoms with Crippen LogP contribution in [0, 0.1) is 5.82 Å². The predicted molar refractivity (Wildman–Crippen MR) is 98.3 cm³/mol. The summed E-state index contributed by atoms with van der Waals surface area (Å²) in [4.78, 5) is 5.25. The first kappa shape index (κ1) is 16.6. The van der Waals surface area contributed by atoms with Gasteiger partial charge in [-0.3, -0.25) is 4.99 Å². The second-order valence-electron chi connectivity index (χ2n) is 5.00. The average Bonchev–Trinajstić information content (AvgIpc) is 2.97. The first-order valence-corrected chi connectivity index (χ1v) is 8.70. The molecule has 0 atom stereocenters. The Morgan fingerprint density at radius 3 is 2.71 bits per heavy atom. The van der Waals surface area contributed by atoms with Crippen molar-refractivity contribution >= 4 is 29.2 Å². The fourth-order valence-electron chi connectivity index (χ4n) is 2.18. The van der Waals surface area contributed by atoms with Crippen molar-refractivity contribution in [2.75, 3.05) is 6.54 Å². The summed E-state index contributed by atoms with van der Waals surface area (Å²) in [7, 11) is 0. The SMILES string of the molecule is CCN=c1scc(-c2ccc(Cl)cc2)n1N=Cc1cccc(F)c1. The number of thiazole rings is 1. The van der Waals surface area contributed by atoms with Crippen molar-refractivity contribution in [2.45, 2.75) is 6.92 Å². The summed E-state index contributed by atoms with van der Waals surface area (Å²) in [5.41, 5.74) is 2.60. The Morgan fingerprint density at radius 2 is 2.00 bits per heavy atom. The summed E-state index contributed by atoms with van der Waals surface area (Å²) < 4.78 is 15.1. The van der Waals surface area contributed by atoms with Crippen molar-refractivity contribution in [1.82, 2.24) is 4.68 Å². The monoisotopic (exact) mass is 359 g/mol. The van der Waals surface area contributed by atoms with Gasteiger partial charge in [-0.25, -0.2) is 9.07 Å². The van der Waals surface area contributed by atoms with Gasteiger partial charge in [0, 0.05) is 22.5 Å². The van der Waals surface area contributed by atoms with E-state index in [1.807, 2.05) is 36.6 Å². The van der Waals surface area contributed by atoms with Crippen LogP contribution in [-0.2, 0) is 0 Å². The molecule has 1 heterocycles. The second-order valence-corrected chi connectivity index (χ2v) is 6.27. The van der Waals surface area contributed by atoms with Gasteiger partial charge in [0.1, 0.15) is 5.82 Å². The van der Waals surface area contributed by atoms with Crippen LogP contribution in [0.4, 0.5) is 4.39 Å². The molecule has 0 bridgehead atoms. The highest BCUT2D eigenvalue weighted by atomic mass is 35.5. The lowest BCUT2D eigenvalue weighted by molar-refractivity contribution is 0.627. The molecule has 6 heteroatoms. The standard InChI is InChI=1S/C18H15ClFN3S/c1-2-21-18-23(22-11-13-4-3-5-16(20)10-13)17(12-24-18)14-6-8-15(19)9-7-14/h3-12H,2H2,1H3. The summed E-state index contributed by atoms with van der Waals surface area (Å²) in [6.07, 6.45) is 1.63. The number of benzene rings is 2. The molecule has 0 aliphatic carbocycles. The fraction of sp³-hybridized carbons (Fsp3) is 0.111. The molecule has 0 N–H and O–H groups in total. The quantitative estimate of drug-likeness (QED) is 0.598. The highest BCUT2D eigenvalue weighted by Crippen LogP contribution is 2.22. The van der Waals surface area contributed by atoms with Crippen LogP contribution in [0.2, 0.25) is 5.02 Å². The van der Waals surface area contributed by atoms with E-state index in [-0.39, 0.29) is 5.82 Å². The Labute approximate surface area is 148 Å². The summed E-state index contributed by atoms with van der Waals surface area (Å²) in [6, 6.07) is 13.9. The number of halogens is 2. The van der Waals surface area contributed by atoms with Gasteiger partial charge >= 0.3 is 0 Å². The van der Waals surface area contributed by atoms with E-state index in [9.17, 15) is 4.39 Å². The average molecular weight is 360 g/mol. The summed E-state index contributed by atoms with van der Waals surface area (Å²) >= 11 is 7.48. The molecule has 0 radical (unpaired) electrons. The van der Waals surface area contributed by atoms with E-state index in [4.69, 9.17) is 11.6 Å². The van der Waals surface area contributed by atoms with E-state index in [1.165, 1.54) is 23.5 Å². The van der Waals surface area contributed by atoms with Crippen molar-refractivity contribution in [3.63, 3.8) is 0 Å². The Kier molecular flexibility index (Phi) is 5.23. The Balaban J connectivity index is 2.06. The van der Waals surface area contributed by atoms with Crippen molar-refractivity contribution in [1.29, 1.82) is 0 Å². The Bertz CT molecular complexity index is 926. The third-order valence-corrected chi connectivity index (χ3v) is 4.40. The molecule has 0 amide bonds. The molecule has 0 aliphatic rings. The zero-order valence-electron chi connectivity index (χ0n) is 13.0. The van der Waals surface area contributed by atoms with Crippen LogP contribution >= 0.6 is 22.9 Å². The minimum absolute atomic E-state index is 0.286. The highest BCUT2D eigenvalue weighted by Gasteiger charge is 2.07. The number of nitrogens with zero attached hydrogens (tertiary/aromatic N) is 3. The van der Waals surface area contributed by atoms with E-state index in [1.54, 1.807) is 23.0 Å². The van der Waals surface area contributed by atoms with Crippen molar-refractivity contribution in [3.8, 4) is 11.3 Å². The number of hydrogen-bond donors (Lipinski definition) is 0. The molecule has 0 saturated heterocycles. The van der Waals surface area contributed by atoms with Gasteiger partial charge in [0.15, 0.2) is 0 Å². The maximum atomic E-state index is 13.3. The molecule has 24 heavy (non-hydrogen) atoms. The number of rotatable bonds is 4. The molecule has 3 nitrogen and oxygen atoms in total. The molecule has 1 aromatic heterocycles. The molecule has 0 unspecified atom stereocenters. The van der Waals surface area contributed by atoms with Gasteiger partial charge in [-0.15, -0.1) is 11.3 Å². The number of hydrogen-bond acceptors (Lipinski definition) is 3. The number of aromatic nitrogens is 1. The van der Waals surface area contributed by atoms with Crippen molar-refractivity contribution < 1.29 is 4.39 Å². The minimum atomic E-state index is -0.286. The summed E-state index contributed by atoms with van der Waals surface area (Å²) in [5, 5.41) is 7.19. The van der Waals surface area contributed by atoms with Gasteiger partial charge < -0.3 is 0 Å². The van der Waals surface area contributed by atoms with Crippen LogP contribution in [0.1, 0.15) is 12.5 Å². The lowest BCUT2D eigenvalue weighted by atomic mass is 10.2. The van der Waals surface area contributed by atoms with Crippen LogP contribution in [0.25, 0.3) is 11.3 Å².